The number of aryl methyl sites for hydroxylation is 1. The summed E-state index contributed by atoms with van der Waals surface area (Å²) >= 11 is 1.33. The first kappa shape index (κ1) is 20.6. The average Bonchev–Trinajstić information content (AvgIpc) is 2.77. The maximum Gasteiger partial charge on any atom is 0.261 e. The van der Waals surface area contributed by atoms with Gasteiger partial charge in [-0.25, -0.2) is 4.98 Å². The molecule has 0 bridgehead atoms. The second-order valence-corrected chi connectivity index (χ2v) is 8.65. The number of nitrogens with zero attached hydrogens (tertiary/aromatic N) is 4. The summed E-state index contributed by atoms with van der Waals surface area (Å²) in [6.07, 6.45) is 0. The van der Waals surface area contributed by atoms with Crippen LogP contribution in [0.3, 0.4) is 0 Å². The van der Waals surface area contributed by atoms with Crippen LogP contribution in [0.1, 0.15) is 11.1 Å². The number of piperazine rings is 1. The molecule has 0 unspecified atom stereocenters. The molecule has 0 aliphatic carbocycles. The van der Waals surface area contributed by atoms with E-state index in [1.165, 1.54) is 21.9 Å². The van der Waals surface area contributed by atoms with Gasteiger partial charge in [-0.3, -0.25) is 19.1 Å². The van der Waals surface area contributed by atoms with Crippen LogP contribution in [-0.2, 0) is 18.4 Å². The highest BCUT2D eigenvalue weighted by Crippen LogP contribution is 2.19. The molecule has 1 aromatic heterocycles. The number of aromatic nitrogens is 2. The van der Waals surface area contributed by atoms with Crippen LogP contribution >= 0.6 is 11.8 Å². The van der Waals surface area contributed by atoms with Crippen molar-refractivity contribution in [1.82, 2.24) is 19.4 Å². The van der Waals surface area contributed by atoms with E-state index in [1.807, 2.05) is 36.1 Å². The monoisotopic (exact) mass is 422 g/mol. The number of benzene rings is 2. The molecule has 1 saturated heterocycles. The minimum atomic E-state index is -0.0758. The first-order chi connectivity index (χ1) is 14.5. The molecule has 0 radical (unpaired) electrons. The molecule has 0 N–H and O–H groups in total. The SMILES string of the molecule is Cc1ccc2nc(SCC(=O)N3CCN(Cc4ccccc4)CC3)n(C)c(=O)c2c1. The average molecular weight is 423 g/mol. The van der Waals surface area contributed by atoms with Crippen molar-refractivity contribution in [2.45, 2.75) is 18.6 Å². The minimum Gasteiger partial charge on any atom is -0.339 e. The Hall–Kier alpha value is -2.64. The number of amides is 1. The van der Waals surface area contributed by atoms with E-state index in [9.17, 15) is 9.59 Å². The zero-order valence-corrected chi connectivity index (χ0v) is 18.2. The van der Waals surface area contributed by atoms with E-state index in [1.54, 1.807) is 7.05 Å². The number of thioether (sulfide) groups is 1. The molecule has 1 amide bonds. The van der Waals surface area contributed by atoms with Crippen molar-refractivity contribution < 1.29 is 4.79 Å². The Labute approximate surface area is 180 Å². The van der Waals surface area contributed by atoms with E-state index in [0.717, 1.165) is 38.3 Å². The van der Waals surface area contributed by atoms with Crippen LogP contribution in [0.4, 0.5) is 0 Å². The third-order valence-electron chi connectivity index (χ3n) is 5.49. The van der Waals surface area contributed by atoms with Gasteiger partial charge in [0.25, 0.3) is 5.56 Å². The van der Waals surface area contributed by atoms with Gasteiger partial charge in [0.1, 0.15) is 0 Å². The number of hydrogen-bond acceptors (Lipinski definition) is 5. The summed E-state index contributed by atoms with van der Waals surface area (Å²) in [5, 5.41) is 1.19. The molecule has 2 heterocycles. The Kier molecular flexibility index (Phi) is 6.20. The summed E-state index contributed by atoms with van der Waals surface area (Å²) in [4.78, 5) is 34.2. The maximum atomic E-state index is 12.7. The van der Waals surface area contributed by atoms with Crippen LogP contribution in [0.5, 0.6) is 0 Å². The quantitative estimate of drug-likeness (QED) is 0.467. The second-order valence-electron chi connectivity index (χ2n) is 7.71. The highest BCUT2D eigenvalue weighted by molar-refractivity contribution is 7.99. The van der Waals surface area contributed by atoms with Crippen molar-refractivity contribution in [3.05, 3.63) is 70.0 Å². The molecule has 1 aliphatic heterocycles. The maximum absolute atomic E-state index is 12.7. The molecule has 0 atom stereocenters. The zero-order chi connectivity index (χ0) is 21.1. The van der Waals surface area contributed by atoms with Crippen LogP contribution in [0.15, 0.2) is 58.5 Å². The summed E-state index contributed by atoms with van der Waals surface area (Å²) in [7, 11) is 1.71. The lowest BCUT2D eigenvalue weighted by Crippen LogP contribution is -2.48. The fourth-order valence-corrected chi connectivity index (χ4v) is 4.58. The van der Waals surface area contributed by atoms with E-state index in [-0.39, 0.29) is 17.2 Å². The van der Waals surface area contributed by atoms with Gasteiger partial charge in [-0.15, -0.1) is 0 Å². The third kappa shape index (κ3) is 4.57. The molecule has 156 valence electrons. The van der Waals surface area contributed by atoms with Gasteiger partial charge in [0, 0.05) is 39.8 Å². The molecule has 2 aromatic carbocycles. The molecule has 30 heavy (non-hydrogen) atoms. The van der Waals surface area contributed by atoms with Crippen molar-refractivity contribution in [2.75, 3.05) is 31.9 Å². The van der Waals surface area contributed by atoms with Crippen LogP contribution in [0.2, 0.25) is 0 Å². The molecule has 4 rings (SSSR count). The number of rotatable bonds is 5. The topological polar surface area (TPSA) is 58.4 Å². The molecule has 1 fully saturated rings. The Morgan fingerprint density at radius 3 is 2.53 bits per heavy atom. The van der Waals surface area contributed by atoms with E-state index in [2.05, 4.69) is 34.1 Å². The van der Waals surface area contributed by atoms with Crippen LogP contribution < -0.4 is 5.56 Å². The summed E-state index contributed by atoms with van der Waals surface area (Å²) in [5.41, 5.74) is 2.93. The van der Waals surface area contributed by atoms with Gasteiger partial charge in [0.15, 0.2) is 5.16 Å². The van der Waals surface area contributed by atoms with E-state index < -0.39 is 0 Å². The molecular formula is C23H26N4O2S. The summed E-state index contributed by atoms with van der Waals surface area (Å²) < 4.78 is 1.54. The molecule has 6 nitrogen and oxygen atoms in total. The van der Waals surface area contributed by atoms with Gasteiger partial charge in [0.2, 0.25) is 5.91 Å². The largest absolute Gasteiger partial charge is 0.339 e. The van der Waals surface area contributed by atoms with Crippen molar-refractivity contribution in [3.63, 3.8) is 0 Å². The highest BCUT2D eigenvalue weighted by Gasteiger charge is 2.22. The number of hydrogen-bond donors (Lipinski definition) is 0. The third-order valence-corrected chi connectivity index (χ3v) is 6.50. The predicted molar refractivity (Wildman–Crippen MR) is 121 cm³/mol. The van der Waals surface area contributed by atoms with Gasteiger partial charge < -0.3 is 4.90 Å². The Morgan fingerprint density at radius 2 is 1.80 bits per heavy atom. The first-order valence-electron chi connectivity index (χ1n) is 10.2. The molecule has 0 saturated carbocycles. The zero-order valence-electron chi connectivity index (χ0n) is 17.4. The highest BCUT2D eigenvalue weighted by atomic mass is 32.2. The smallest absolute Gasteiger partial charge is 0.261 e. The van der Waals surface area contributed by atoms with E-state index in [4.69, 9.17) is 0 Å². The second kappa shape index (κ2) is 9.02. The van der Waals surface area contributed by atoms with Gasteiger partial charge in [-0.2, -0.15) is 0 Å². The fraction of sp³-hybridized carbons (Fsp3) is 0.348. The Balaban J connectivity index is 1.35. The molecule has 1 aliphatic rings. The van der Waals surface area contributed by atoms with Crippen LogP contribution in [0.25, 0.3) is 10.9 Å². The van der Waals surface area contributed by atoms with Crippen molar-refractivity contribution in [2.24, 2.45) is 7.05 Å². The lowest BCUT2D eigenvalue weighted by atomic mass is 10.2. The molecule has 3 aromatic rings. The van der Waals surface area contributed by atoms with Gasteiger partial charge >= 0.3 is 0 Å². The fourth-order valence-electron chi connectivity index (χ4n) is 3.71. The standard InChI is InChI=1S/C23H26N4O2S/c1-17-8-9-20-19(14-17)22(29)25(2)23(24-20)30-16-21(28)27-12-10-26(11-13-27)15-18-6-4-3-5-7-18/h3-9,14H,10-13,15-16H2,1-2H3. The lowest BCUT2D eigenvalue weighted by molar-refractivity contribution is -0.130. The molecule has 0 spiro atoms. The lowest BCUT2D eigenvalue weighted by Gasteiger charge is -2.34. The van der Waals surface area contributed by atoms with Crippen molar-refractivity contribution in [3.8, 4) is 0 Å². The Morgan fingerprint density at radius 1 is 1.07 bits per heavy atom. The predicted octanol–water partition coefficient (Wildman–Crippen LogP) is 2.68. The minimum absolute atomic E-state index is 0.0758. The summed E-state index contributed by atoms with van der Waals surface area (Å²) in [6, 6.07) is 16.1. The Bertz CT molecular complexity index is 1110. The van der Waals surface area contributed by atoms with Gasteiger partial charge in [0.05, 0.1) is 16.7 Å². The number of fused-ring (bicyclic) bond motifs is 1. The van der Waals surface area contributed by atoms with Gasteiger partial charge in [-0.1, -0.05) is 53.7 Å². The molecular weight excluding hydrogens is 396 g/mol. The molecule has 7 heteroatoms. The van der Waals surface area contributed by atoms with Crippen molar-refractivity contribution >= 4 is 28.6 Å². The number of carbonyl (C=O) groups excluding carboxylic acids is 1. The van der Waals surface area contributed by atoms with Crippen LogP contribution in [-0.4, -0.2) is 57.2 Å². The summed E-state index contributed by atoms with van der Waals surface area (Å²) in [6.45, 7) is 6.08. The first-order valence-corrected chi connectivity index (χ1v) is 11.1. The number of carbonyl (C=O) groups is 1. The summed E-state index contributed by atoms with van der Waals surface area (Å²) in [5.74, 6) is 0.383. The van der Waals surface area contributed by atoms with Crippen LogP contribution in [0, 0.1) is 6.92 Å². The van der Waals surface area contributed by atoms with E-state index >= 15 is 0 Å². The van der Waals surface area contributed by atoms with Gasteiger partial charge in [-0.05, 0) is 24.6 Å². The van der Waals surface area contributed by atoms with Crippen molar-refractivity contribution in [1.29, 1.82) is 0 Å². The normalized spacial score (nSPS) is 14.9. The van der Waals surface area contributed by atoms with E-state index in [0.29, 0.717) is 16.1 Å².